The number of halogens is 5. The van der Waals surface area contributed by atoms with Crippen LogP contribution >= 0.6 is 12.4 Å². The van der Waals surface area contributed by atoms with E-state index in [0.717, 1.165) is 35.6 Å². The van der Waals surface area contributed by atoms with Gasteiger partial charge in [0.2, 0.25) is 11.6 Å². The summed E-state index contributed by atoms with van der Waals surface area (Å²) in [6.45, 7) is 0.551. The molecule has 13 heteroatoms. The van der Waals surface area contributed by atoms with Crippen molar-refractivity contribution in [1.82, 2.24) is 19.9 Å². The fourth-order valence-electron chi connectivity index (χ4n) is 5.27. The van der Waals surface area contributed by atoms with Crippen LogP contribution < -0.4 is 4.74 Å². The largest absolute Gasteiger partial charge is 2.00 e. The molecule has 2 saturated heterocycles. The molecule has 0 aliphatic carbocycles. The van der Waals surface area contributed by atoms with Crippen molar-refractivity contribution in [3.63, 3.8) is 0 Å². The van der Waals surface area contributed by atoms with Crippen molar-refractivity contribution in [2.75, 3.05) is 19.7 Å². The van der Waals surface area contributed by atoms with Crippen molar-refractivity contribution in [1.29, 1.82) is 0 Å². The number of pyridine rings is 4. The van der Waals surface area contributed by atoms with Gasteiger partial charge in [-0.1, -0.05) is 61.4 Å². The number of rotatable bonds is 6. The Labute approximate surface area is 313 Å². The molecular formula is C38H33ClF4N6ORu. The third-order valence-electron chi connectivity index (χ3n) is 7.48. The zero-order valence-corrected chi connectivity index (χ0v) is 29.8. The van der Waals surface area contributed by atoms with Crippen LogP contribution in [-0.4, -0.2) is 45.7 Å². The van der Waals surface area contributed by atoms with Crippen LogP contribution in [0.3, 0.4) is 0 Å². The minimum absolute atomic E-state index is 0. The quantitative estimate of drug-likeness (QED) is 0.0740. The van der Waals surface area contributed by atoms with E-state index in [0.29, 0.717) is 31.6 Å². The van der Waals surface area contributed by atoms with Crippen molar-refractivity contribution in [2.24, 2.45) is 0 Å². The van der Waals surface area contributed by atoms with Gasteiger partial charge in [0.1, 0.15) is 6.61 Å². The number of nitrogens with zero attached hydrogens (tertiary/aromatic N) is 6. The van der Waals surface area contributed by atoms with Gasteiger partial charge in [0.15, 0.2) is 17.4 Å². The van der Waals surface area contributed by atoms with E-state index in [9.17, 15) is 17.6 Å². The molecule has 0 spiro atoms. The topological polar surface area (TPSA) is 89.0 Å². The van der Waals surface area contributed by atoms with E-state index >= 15 is 0 Å². The molecule has 1 atom stereocenters. The van der Waals surface area contributed by atoms with Crippen LogP contribution in [0.15, 0.2) is 103 Å². The van der Waals surface area contributed by atoms with E-state index in [-0.39, 0.29) is 37.5 Å². The van der Waals surface area contributed by atoms with Crippen LogP contribution in [0.5, 0.6) is 5.75 Å². The van der Waals surface area contributed by atoms with E-state index in [1.807, 2.05) is 78.7 Å². The number of ether oxygens (including phenoxy) is 1. The third kappa shape index (κ3) is 10.7. The van der Waals surface area contributed by atoms with Gasteiger partial charge in [0, 0.05) is 24.8 Å². The molecule has 0 bridgehead atoms. The van der Waals surface area contributed by atoms with Crippen molar-refractivity contribution in [3.8, 4) is 40.9 Å². The molecule has 51 heavy (non-hydrogen) atoms. The molecule has 2 aliphatic heterocycles. The van der Waals surface area contributed by atoms with Crippen molar-refractivity contribution < 1.29 is 41.8 Å². The number of hydrogen-bond donors (Lipinski definition) is 0. The van der Waals surface area contributed by atoms with E-state index < -0.39 is 47.2 Å². The van der Waals surface area contributed by atoms with Gasteiger partial charge in [-0.25, -0.2) is 8.78 Å². The Morgan fingerprint density at radius 3 is 1.51 bits per heavy atom. The third-order valence-corrected chi connectivity index (χ3v) is 7.48. The summed E-state index contributed by atoms with van der Waals surface area (Å²) < 4.78 is 62.6. The van der Waals surface area contributed by atoms with E-state index in [1.165, 1.54) is 0 Å². The first kappa shape index (κ1) is 40.7. The fraction of sp³-hybridized carbons (Fsp3) is 0.211. The molecule has 0 amide bonds. The van der Waals surface area contributed by atoms with Gasteiger partial charge in [0.25, 0.3) is 0 Å². The monoisotopic (exact) mass is 802 g/mol. The Bertz CT molecular complexity index is 1690. The molecule has 4 aromatic heterocycles. The second-order valence-corrected chi connectivity index (χ2v) is 10.7. The maximum atomic E-state index is 14.7. The van der Waals surface area contributed by atoms with Gasteiger partial charge >= 0.3 is 19.5 Å². The molecule has 6 heterocycles. The Hall–Kier alpha value is -4.69. The standard InChI is InChI=1S/C18H16F4N2O.2C10H8N2.ClH.Ru/c1-2-9-25-18-16(21)14(19)13(15(20)17(18)22)12(10-5-3-7-23-10)11-6-4-8-24-11;2*1-3-7-11-9(5-1)10-6-2-4-8-12-10;;/h1,10H,3-9H2;2*1-8H;1H;/q-2;;;;+2. The average molecular weight is 802 g/mol. The molecule has 0 N–H and O–H groups in total. The SMILES string of the molecule is C#CCOc1c(F)c(F)c(C(=C2CCC[N-]2)C2CCC[N-]2)c(F)c1F.Cl.[Ru+2].c1ccc(-c2ccccn2)nc1.c1ccc(-c2ccccn2)nc1. The minimum atomic E-state index is -1.60. The summed E-state index contributed by atoms with van der Waals surface area (Å²) in [7, 11) is 0. The van der Waals surface area contributed by atoms with E-state index in [4.69, 9.17) is 6.42 Å². The maximum Gasteiger partial charge on any atom is 2.00 e. The maximum absolute atomic E-state index is 14.7. The van der Waals surface area contributed by atoms with Gasteiger partial charge < -0.3 is 15.4 Å². The number of hydrogen-bond acceptors (Lipinski definition) is 5. The second kappa shape index (κ2) is 20.9. The van der Waals surface area contributed by atoms with Gasteiger partial charge in [-0.15, -0.1) is 38.0 Å². The van der Waals surface area contributed by atoms with Gasteiger partial charge in [-0.05, 0) is 48.5 Å². The normalized spacial score (nSPS) is 15.2. The number of aromatic nitrogens is 4. The summed E-state index contributed by atoms with van der Waals surface area (Å²) in [6, 6.07) is 22.7. The second-order valence-electron chi connectivity index (χ2n) is 10.7. The molecule has 264 valence electrons. The Balaban J connectivity index is 0.000000226. The summed E-state index contributed by atoms with van der Waals surface area (Å²) in [4.78, 5) is 16.7. The summed E-state index contributed by atoms with van der Waals surface area (Å²) in [6.07, 6.45) is 14.6. The summed E-state index contributed by atoms with van der Waals surface area (Å²) in [5, 5.41) is 8.57. The van der Waals surface area contributed by atoms with Crippen LogP contribution in [-0.2, 0) is 19.5 Å². The van der Waals surface area contributed by atoms with Crippen LogP contribution in [0.25, 0.3) is 39.0 Å². The van der Waals surface area contributed by atoms with E-state index in [1.54, 1.807) is 24.8 Å². The zero-order valence-electron chi connectivity index (χ0n) is 27.2. The Morgan fingerprint density at radius 2 is 1.18 bits per heavy atom. The van der Waals surface area contributed by atoms with Crippen LogP contribution in [0.4, 0.5) is 17.6 Å². The van der Waals surface area contributed by atoms with Crippen LogP contribution in [0.2, 0.25) is 0 Å². The summed E-state index contributed by atoms with van der Waals surface area (Å²) in [5.41, 5.74) is 3.53. The molecule has 5 aromatic rings. The van der Waals surface area contributed by atoms with Crippen molar-refractivity contribution in [2.45, 2.75) is 31.7 Å². The number of allylic oxidation sites excluding steroid dienone is 1. The van der Waals surface area contributed by atoms with Gasteiger partial charge in [0.05, 0.1) is 28.3 Å². The first-order valence-corrected chi connectivity index (χ1v) is 15.6. The summed E-state index contributed by atoms with van der Waals surface area (Å²) >= 11 is 0. The predicted octanol–water partition coefficient (Wildman–Crippen LogP) is 9.38. The number of terminal acetylenes is 1. The molecule has 7 rings (SSSR count). The van der Waals surface area contributed by atoms with Gasteiger partial charge in [-0.3, -0.25) is 19.9 Å². The molecule has 7 nitrogen and oxygen atoms in total. The molecule has 2 aliphatic rings. The average Bonchev–Trinajstić information content (AvgIpc) is 3.91. The molecular weight excluding hydrogens is 769 g/mol. The fourth-order valence-corrected chi connectivity index (χ4v) is 5.27. The molecule has 1 aromatic carbocycles. The zero-order chi connectivity index (χ0) is 34.4. The minimum Gasteiger partial charge on any atom is -0.688 e. The summed E-state index contributed by atoms with van der Waals surface area (Å²) in [5.74, 6) is -5.35. The smallest absolute Gasteiger partial charge is 0.688 e. The van der Waals surface area contributed by atoms with Gasteiger partial charge in [-0.2, -0.15) is 14.5 Å². The van der Waals surface area contributed by atoms with Crippen LogP contribution in [0, 0.1) is 35.6 Å². The number of benzene rings is 1. The molecule has 0 radical (unpaired) electrons. The Morgan fingerprint density at radius 1 is 0.706 bits per heavy atom. The predicted molar refractivity (Wildman–Crippen MR) is 188 cm³/mol. The first-order chi connectivity index (χ1) is 24.0. The molecule has 2 fully saturated rings. The van der Waals surface area contributed by atoms with E-state index in [2.05, 4.69) is 35.3 Å². The van der Waals surface area contributed by atoms with Crippen molar-refractivity contribution >= 4 is 18.0 Å². The first-order valence-electron chi connectivity index (χ1n) is 15.6. The molecule has 1 unspecified atom stereocenters. The van der Waals surface area contributed by atoms with Crippen molar-refractivity contribution in [3.05, 3.63) is 143 Å². The molecule has 0 saturated carbocycles. The Kier molecular flexibility index (Phi) is 16.7. The van der Waals surface area contributed by atoms with Crippen LogP contribution in [0.1, 0.15) is 31.2 Å².